The SMILES string of the molecule is CCC1(COCCN2C(=O)N(C)C(O)N(CCOCC3(CC)CCO3)C2=O)CCO1. The monoisotopic (exact) mass is 429 g/mol. The van der Waals surface area contributed by atoms with Crippen molar-refractivity contribution in [2.24, 2.45) is 0 Å². The van der Waals surface area contributed by atoms with Crippen LogP contribution in [0.3, 0.4) is 0 Å². The molecular formula is C20H35N3O7. The number of aliphatic hydroxyl groups is 1. The summed E-state index contributed by atoms with van der Waals surface area (Å²) in [5, 5.41) is 10.4. The van der Waals surface area contributed by atoms with Gasteiger partial charge in [0.1, 0.15) is 0 Å². The van der Waals surface area contributed by atoms with Gasteiger partial charge in [-0.3, -0.25) is 9.80 Å². The largest absolute Gasteiger partial charge is 0.377 e. The van der Waals surface area contributed by atoms with Crippen LogP contribution in [0.5, 0.6) is 0 Å². The zero-order valence-corrected chi connectivity index (χ0v) is 18.3. The third kappa shape index (κ3) is 4.72. The number of urea groups is 2. The molecule has 0 spiro atoms. The number of rotatable bonds is 12. The Morgan fingerprint density at radius 2 is 1.47 bits per heavy atom. The first-order valence-corrected chi connectivity index (χ1v) is 10.8. The summed E-state index contributed by atoms with van der Waals surface area (Å²) in [4.78, 5) is 28.7. The molecule has 0 aromatic heterocycles. The fourth-order valence-electron chi connectivity index (χ4n) is 3.84. The maximum atomic E-state index is 12.8. The van der Waals surface area contributed by atoms with Gasteiger partial charge in [0, 0.05) is 19.9 Å². The molecule has 3 saturated heterocycles. The molecule has 3 fully saturated rings. The lowest BCUT2D eigenvalue weighted by molar-refractivity contribution is -0.184. The van der Waals surface area contributed by atoms with Crippen LogP contribution in [0.1, 0.15) is 39.5 Å². The van der Waals surface area contributed by atoms with Gasteiger partial charge in [0.25, 0.3) is 0 Å². The van der Waals surface area contributed by atoms with Gasteiger partial charge >= 0.3 is 12.1 Å². The third-order valence-corrected chi connectivity index (χ3v) is 6.52. The molecule has 3 unspecified atom stereocenters. The van der Waals surface area contributed by atoms with Crippen molar-refractivity contribution < 1.29 is 33.6 Å². The van der Waals surface area contributed by atoms with E-state index in [1.165, 1.54) is 11.9 Å². The van der Waals surface area contributed by atoms with Crippen LogP contribution >= 0.6 is 0 Å². The molecule has 1 N–H and O–H groups in total. The van der Waals surface area contributed by atoms with E-state index in [-0.39, 0.29) is 37.5 Å². The van der Waals surface area contributed by atoms with Gasteiger partial charge in [0.15, 0.2) is 0 Å². The molecule has 0 saturated carbocycles. The molecule has 0 bridgehead atoms. The van der Waals surface area contributed by atoms with Crippen LogP contribution in [0.25, 0.3) is 0 Å². The first-order valence-electron chi connectivity index (χ1n) is 10.8. The fourth-order valence-corrected chi connectivity index (χ4v) is 3.84. The van der Waals surface area contributed by atoms with E-state index in [1.54, 1.807) is 0 Å². The molecule has 3 rings (SSSR count). The molecule has 3 heterocycles. The molecule has 3 atom stereocenters. The molecule has 0 aromatic rings. The maximum Gasteiger partial charge on any atom is 0.331 e. The molecule has 3 aliphatic heterocycles. The van der Waals surface area contributed by atoms with Gasteiger partial charge in [-0.1, -0.05) is 13.8 Å². The van der Waals surface area contributed by atoms with Gasteiger partial charge in [-0.25, -0.2) is 14.5 Å². The predicted octanol–water partition coefficient (Wildman–Crippen LogP) is 1.22. The van der Waals surface area contributed by atoms with Crippen LogP contribution in [0.15, 0.2) is 0 Å². The first kappa shape index (κ1) is 23.2. The van der Waals surface area contributed by atoms with Crippen molar-refractivity contribution in [3.63, 3.8) is 0 Å². The number of nitrogens with zero attached hydrogens (tertiary/aromatic N) is 3. The first-order chi connectivity index (χ1) is 14.4. The number of hydrogen-bond donors (Lipinski definition) is 1. The Hall–Kier alpha value is -1.46. The molecule has 3 aliphatic rings. The summed E-state index contributed by atoms with van der Waals surface area (Å²) in [6.07, 6.45) is 2.33. The number of carbonyl (C=O) groups is 2. The predicted molar refractivity (Wildman–Crippen MR) is 107 cm³/mol. The van der Waals surface area contributed by atoms with Crippen molar-refractivity contribution >= 4 is 12.1 Å². The quantitative estimate of drug-likeness (QED) is 0.466. The third-order valence-electron chi connectivity index (χ3n) is 6.52. The lowest BCUT2D eigenvalue weighted by Gasteiger charge is -2.44. The molecule has 0 radical (unpaired) electrons. The molecule has 0 aliphatic carbocycles. The van der Waals surface area contributed by atoms with Crippen molar-refractivity contribution in [3.8, 4) is 0 Å². The number of carbonyl (C=O) groups excluding carboxylic acids is 2. The normalized spacial score (nSPS) is 31.7. The van der Waals surface area contributed by atoms with Crippen molar-refractivity contribution in [3.05, 3.63) is 0 Å². The molecular weight excluding hydrogens is 394 g/mol. The highest BCUT2D eigenvalue weighted by Gasteiger charge is 2.42. The Kier molecular flexibility index (Phi) is 7.56. The second-order valence-electron chi connectivity index (χ2n) is 8.24. The Balaban J connectivity index is 1.46. The van der Waals surface area contributed by atoms with E-state index in [1.807, 2.05) is 0 Å². The van der Waals surface area contributed by atoms with Gasteiger partial charge in [0.2, 0.25) is 6.35 Å². The van der Waals surface area contributed by atoms with Crippen LogP contribution in [0.2, 0.25) is 0 Å². The van der Waals surface area contributed by atoms with Gasteiger partial charge in [-0.15, -0.1) is 0 Å². The molecule has 10 heteroatoms. The van der Waals surface area contributed by atoms with Crippen molar-refractivity contribution in [2.45, 2.75) is 57.1 Å². The molecule has 4 amide bonds. The van der Waals surface area contributed by atoms with Crippen LogP contribution in [0, 0.1) is 0 Å². The summed E-state index contributed by atoms with van der Waals surface area (Å²) in [7, 11) is 1.46. The van der Waals surface area contributed by atoms with Gasteiger partial charge in [-0.2, -0.15) is 0 Å². The van der Waals surface area contributed by atoms with Gasteiger partial charge < -0.3 is 24.1 Å². The minimum atomic E-state index is -1.32. The van der Waals surface area contributed by atoms with Crippen molar-refractivity contribution in [1.82, 2.24) is 14.7 Å². The van der Waals surface area contributed by atoms with E-state index in [4.69, 9.17) is 18.9 Å². The van der Waals surface area contributed by atoms with E-state index in [0.717, 1.165) is 48.7 Å². The van der Waals surface area contributed by atoms with Crippen LogP contribution in [-0.2, 0) is 18.9 Å². The second kappa shape index (κ2) is 9.78. The Morgan fingerprint density at radius 3 is 1.90 bits per heavy atom. The summed E-state index contributed by atoms with van der Waals surface area (Å²) in [6, 6.07) is -1.10. The Morgan fingerprint density at radius 1 is 0.967 bits per heavy atom. The summed E-state index contributed by atoms with van der Waals surface area (Å²) < 4.78 is 22.6. The lowest BCUT2D eigenvalue weighted by Crippen LogP contribution is -2.66. The Bertz CT molecular complexity index is 598. The highest BCUT2D eigenvalue weighted by atomic mass is 16.6. The zero-order valence-electron chi connectivity index (χ0n) is 18.3. The molecule has 10 nitrogen and oxygen atoms in total. The van der Waals surface area contributed by atoms with Gasteiger partial charge in [0.05, 0.1) is 63.9 Å². The zero-order chi connectivity index (χ0) is 21.8. The molecule has 172 valence electrons. The van der Waals surface area contributed by atoms with E-state index in [9.17, 15) is 14.7 Å². The molecule has 0 aromatic carbocycles. The number of amides is 4. The van der Waals surface area contributed by atoms with E-state index < -0.39 is 18.4 Å². The molecule has 30 heavy (non-hydrogen) atoms. The van der Waals surface area contributed by atoms with Crippen LogP contribution in [-0.4, -0.2) is 109 Å². The topological polar surface area (TPSA) is 101 Å². The second-order valence-corrected chi connectivity index (χ2v) is 8.24. The fraction of sp³-hybridized carbons (Fsp3) is 0.900. The minimum absolute atomic E-state index is 0.110. The number of ether oxygens (including phenoxy) is 4. The number of hydrogen-bond acceptors (Lipinski definition) is 7. The van der Waals surface area contributed by atoms with Crippen LogP contribution in [0.4, 0.5) is 9.59 Å². The van der Waals surface area contributed by atoms with Gasteiger partial charge in [-0.05, 0) is 12.8 Å². The summed E-state index contributed by atoms with van der Waals surface area (Å²) >= 11 is 0. The van der Waals surface area contributed by atoms with E-state index in [0.29, 0.717) is 13.2 Å². The van der Waals surface area contributed by atoms with Crippen molar-refractivity contribution in [1.29, 1.82) is 0 Å². The van der Waals surface area contributed by atoms with Crippen molar-refractivity contribution in [2.75, 3.05) is 59.8 Å². The average Bonchev–Trinajstić information content (AvgIpc) is 2.68. The lowest BCUT2D eigenvalue weighted by atomic mass is 9.93. The van der Waals surface area contributed by atoms with Crippen LogP contribution < -0.4 is 0 Å². The Labute approximate surface area is 178 Å². The smallest absolute Gasteiger partial charge is 0.331 e. The maximum absolute atomic E-state index is 12.8. The highest BCUT2D eigenvalue weighted by Crippen LogP contribution is 2.31. The summed E-state index contributed by atoms with van der Waals surface area (Å²) in [5.74, 6) is 0. The standard InChI is InChI=1S/C20H35N3O7/c1-4-19(6-10-29-19)14-27-12-8-22-16(24)21(3)17(25)23(18(22)26)9-13-28-15-20(5-2)7-11-30-20/h16,24H,4-15H2,1-3H3. The summed E-state index contributed by atoms with van der Waals surface area (Å²) in [5.41, 5.74) is -0.451. The highest BCUT2D eigenvalue weighted by molar-refractivity contribution is 5.95. The number of imide groups is 1. The number of aliphatic hydroxyl groups excluding tert-OH is 1. The minimum Gasteiger partial charge on any atom is -0.377 e. The summed E-state index contributed by atoms with van der Waals surface area (Å²) in [6.45, 7) is 7.23. The van der Waals surface area contributed by atoms with E-state index >= 15 is 0 Å². The van der Waals surface area contributed by atoms with E-state index in [2.05, 4.69) is 13.8 Å². The average molecular weight is 430 g/mol.